The number of hydrogen-bond acceptors (Lipinski definition) is 5. The average Bonchev–Trinajstić information content (AvgIpc) is 2.78. The number of piperidine rings is 1. The van der Waals surface area contributed by atoms with Crippen LogP contribution < -0.4 is 14.8 Å². The van der Waals surface area contributed by atoms with E-state index < -0.39 is 10.0 Å². The molecule has 0 aromatic heterocycles. The number of ether oxygens (including phenoxy) is 2. The molecule has 0 saturated carbocycles. The number of amides is 1. The van der Waals surface area contributed by atoms with Crippen molar-refractivity contribution in [2.75, 3.05) is 32.6 Å². The maximum atomic E-state index is 12.8. The van der Waals surface area contributed by atoms with E-state index >= 15 is 0 Å². The first-order valence-corrected chi connectivity index (χ1v) is 11.6. The second-order valence-electron chi connectivity index (χ2n) is 7.55. The summed E-state index contributed by atoms with van der Waals surface area (Å²) in [6.45, 7) is 3.23. The molecule has 0 spiro atoms. The maximum absolute atomic E-state index is 12.8. The highest BCUT2D eigenvalue weighted by Crippen LogP contribution is 2.28. The summed E-state index contributed by atoms with van der Waals surface area (Å²) in [7, 11) is -0.396. The van der Waals surface area contributed by atoms with Crippen molar-refractivity contribution in [2.45, 2.75) is 24.7 Å². The Morgan fingerprint density at radius 3 is 2.29 bits per heavy atom. The van der Waals surface area contributed by atoms with E-state index in [9.17, 15) is 13.2 Å². The fourth-order valence-corrected chi connectivity index (χ4v) is 4.87. The molecule has 8 heteroatoms. The van der Waals surface area contributed by atoms with Gasteiger partial charge in [-0.2, -0.15) is 4.31 Å². The average molecular weight is 445 g/mol. The van der Waals surface area contributed by atoms with E-state index in [4.69, 9.17) is 9.47 Å². The Morgan fingerprint density at radius 1 is 1.03 bits per heavy atom. The number of nitrogens with one attached hydrogen (secondary N) is 1. The summed E-state index contributed by atoms with van der Waals surface area (Å²) in [6.07, 6.45) is 4.81. The Kier molecular flexibility index (Phi) is 7.35. The van der Waals surface area contributed by atoms with E-state index in [1.807, 2.05) is 6.07 Å². The van der Waals surface area contributed by atoms with Crippen LogP contribution in [0.5, 0.6) is 11.5 Å². The van der Waals surface area contributed by atoms with Crippen LogP contribution >= 0.6 is 0 Å². The molecule has 1 N–H and O–H groups in total. The summed E-state index contributed by atoms with van der Waals surface area (Å²) < 4.78 is 37.6. The van der Waals surface area contributed by atoms with Crippen LogP contribution in [-0.4, -0.2) is 45.9 Å². The van der Waals surface area contributed by atoms with Crippen molar-refractivity contribution in [2.24, 2.45) is 5.92 Å². The third-order valence-electron chi connectivity index (χ3n) is 5.34. The van der Waals surface area contributed by atoms with Crippen molar-refractivity contribution in [3.05, 3.63) is 54.1 Å². The molecule has 1 amide bonds. The minimum absolute atomic E-state index is 0.237. The lowest BCUT2D eigenvalue weighted by molar-refractivity contribution is -0.111. The van der Waals surface area contributed by atoms with Crippen LogP contribution in [0.1, 0.15) is 25.3 Å². The molecule has 31 heavy (non-hydrogen) atoms. The van der Waals surface area contributed by atoms with Gasteiger partial charge in [-0.3, -0.25) is 4.79 Å². The summed E-state index contributed by atoms with van der Waals surface area (Å²) in [5, 5.41) is 2.74. The summed E-state index contributed by atoms with van der Waals surface area (Å²) >= 11 is 0. The topological polar surface area (TPSA) is 84.9 Å². The van der Waals surface area contributed by atoms with Crippen LogP contribution in [0.2, 0.25) is 0 Å². The zero-order chi connectivity index (χ0) is 22.4. The van der Waals surface area contributed by atoms with Crippen molar-refractivity contribution < 1.29 is 22.7 Å². The van der Waals surface area contributed by atoms with Gasteiger partial charge in [-0.05, 0) is 66.8 Å². The van der Waals surface area contributed by atoms with Gasteiger partial charge in [0, 0.05) is 24.9 Å². The van der Waals surface area contributed by atoms with Gasteiger partial charge in [0.2, 0.25) is 15.9 Å². The Morgan fingerprint density at radius 2 is 1.68 bits per heavy atom. The summed E-state index contributed by atoms with van der Waals surface area (Å²) in [5.41, 5.74) is 1.30. The van der Waals surface area contributed by atoms with Crippen molar-refractivity contribution in [1.82, 2.24) is 4.31 Å². The van der Waals surface area contributed by atoms with E-state index in [0.29, 0.717) is 36.2 Å². The molecule has 0 aliphatic carbocycles. The Balaban J connectivity index is 1.63. The molecular formula is C23H28N2O5S. The van der Waals surface area contributed by atoms with Crippen molar-refractivity contribution in [3.8, 4) is 11.5 Å². The van der Waals surface area contributed by atoms with E-state index in [2.05, 4.69) is 12.2 Å². The lowest BCUT2D eigenvalue weighted by Crippen LogP contribution is -2.37. The fraction of sp³-hybridized carbons (Fsp3) is 0.348. The quantitative estimate of drug-likeness (QED) is 0.657. The van der Waals surface area contributed by atoms with Crippen LogP contribution in [-0.2, 0) is 14.8 Å². The van der Waals surface area contributed by atoms with Crippen molar-refractivity contribution in [3.63, 3.8) is 0 Å². The van der Waals surface area contributed by atoms with Crippen LogP contribution in [0.3, 0.4) is 0 Å². The van der Waals surface area contributed by atoms with Crippen LogP contribution in [0, 0.1) is 5.92 Å². The number of rotatable bonds is 7. The number of sulfonamides is 1. The minimum atomic E-state index is -3.50. The summed E-state index contributed by atoms with van der Waals surface area (Å²) in [4.78, 5) is 12.5. The second kappa shape index (κ2) is 9.98. The van der Waals surface area contributed by atoms with Gasteiger partial charge in [-0.25, -0.2) is 8.42 Å². The summed E-state index contributed by atoms with van der Waals surface area (Å²) in [5.74, 6) is 1.41. The molecule has 7 nitrogen and oxygen atoms in total. The lowest BCUT2D eigenvalue weighted by Gasteiger charge is -2.29. The molecule has 1 aliphatic heterocycles. The first-order valence-electron chi connectivity index (χ1n) is 10.1. The van der Waals surface area contributed by atoms with E-state index in [-0.39, 0.29) is 10.8 Å². The lowest BCUT2D eigenvalue weighted by atomic mass is 10.0. The molecular weight excluding hydrogens is 416 g/mol. The van der Waals surface area contributed by atoms with E-state index in [1.165, 1.54) is 22.5 Å². The van der Waals surface area contributed by atoms with Gasteiger partial charge < -0.3 is 14.8 Å². The largest absolute Gasteiger partial charge is 0.493 e. The number of nitrogens with zero attached hydrogens (tertiary/aromatic N) is 1. The minimum Gasteiger partial charge on any atom is -0.493 e. The third-order valence-corrected chi connectivity index (χ3v) is 7.25. The molecule has 0 atom stereocenters. The zero-order valence-corrected chi connectivity index (χ0v) is 18.8. The SMILES string of the molecule is COc1ccc(/C=C/C(=O)Nc2ccc(S(=O)(=O)N3CCC(C)CC3)cc2)cc1OC. The van der Waals surface area contributed by atoms with Gasteiger partial charge in [0.25, 0.3) is 0 Å². The van der Waals surface area contributed by atoms with Gasteiger partial charge in [-0.15, -0.1) is 0 Å². The van der Waals surface area contributed by atoms with Gasteiger partial charge in [0.15, 0.2) is 11.5 Å². The van der Waals surface area contributed by atoms with E-state index in [0.717, 1.165) is 18.4 Å². The first-order chi connectivity index (χ1) is 14.8. The normalized spacial score (nSPS) is 15.7. The number of carbonyl (C=O) groups is 1. The molecule has 0 radical (unpaired) electrons. The number of methoxy groups -OCH3 is 2. The highest BCUT2D eigenvalue weighted by Gasteiger charge is 2.27. The van der Waals surface area contributed by atoms with Crippen LogP contribution in [0.15, 0.2) is 53.4 Å². The molecule has 166 valence electrons. The molecule has 3 rings (SSSR count). The molecule has 1 heterocycles. The maximum Gasteiger partial charge on any atom is 0.248 e. The second-order valence-corrected chi connectivity index (χ2v) is 9.49. The molecule has 1 fully saturated rings. The first kappa shape index (κ1) is 22.8. The monoisotopic (exact) mass is 444 g/mol. The van der Waals surface area contributed by atoms with E-state index in [1.54, 1.807) is 44.6 Å². The van der Waals surface area contributed by atoms with Gasteiger partial charge in [0.05, 0.1) is 19.1 Å². The fourth-order valence-electron chi connectivity index (χ4n) is 3.40. The molecule has 1 aliphatic rings. The number of carbonyl (C=O) groups excluding carboxylic acids is 1. The number of anilines is 1. The predicted molar refractivity (Wildman–Crippen MR) is 121 cm³/mol. The smallest absolute Gasteiger partial charge is 0.248 e. The number of hydrogen-bond donors (Lipinski definition) is 1. The molecule has 2 aromatic rings. The Bertz CT molecular complexity index is 1040. The molecule has 1 saturated heterocycles. The van der Waals surface area contributed by atoms with Crippen LogP contribution in [0.4, 0.5) is 5.69 Å². The summed E-state index contributed by atoms with van der Waals surface area (Å²) in [6, 6.07) is 11.6. The standard InChI is InChI=1S/C23H28N2O5S/c1-17-12-14-25(15-13-17)31(27,28)20-8-6-19(7-9-20)24-23(26)11-5-18-4-10-21(29-2)22(16-18)30-3/h4-11,16-17H,12-15H2,1-3H3,(H,24,26)/b11-5+. The molecule has 0 unspecified atom stereocenters. The van der Waals surface area contributed by atoms with Crippen molar-refractivity contribution in [1.29, 1.82) is 0 Å². The van der Waals surface area contributed by atoms with Crippen molar-refractivity contribution >= 4 is 27.7 Å². The molecule has 0 bridgehead atoms. The van der Waals surface area contributed by atoms with Gasteiger partial charge in [0.1, 0.15) is 0 Å². The predicted octanol–water partition coefficient (Wildman–Crippen LogP) is 3.78. The van der Waals surface area contributed by atoms with Gasteiger partial charge in [-0.1, -0.05) is 13.0 Å². The van der Waals surface area contributed by atoms with Crippen LogP contribution in [0.25, 0.3) is 6.08 Å². The number of benzene rings is 2. The Hall–Kier alpha value is -2.84. The molecule has 2 aromatic carbocycles. The zero-order valence-electron chi connectivity index (χ0n) is 18.0. The Labute approximate surface area is 183 Å². The third kappa shape index (κ3) is 5.65. The highest BCUT2D eigenvalue weighted by molar-refractivity contribution is 7.89. The highest BCUT2D eigenvalue weighted by atomic mass is 32.2. The van der Waals surface area contributed by atoms with Gasteiger partial charge >= 0.3 is 0 Å².